The van der Waals surface area contributed by atoms with E-state index in [0.717, 1.165) is 0 Å². The first-order valence-corrected chi connectivity index (χ1v) is 6.39. The lowest BCUT2D eigenvalue weighted by molar-refractivity contribution is -0.311. The highest BCUT2D eigenvalue weighted by Gasteiger charge is 2.11. The molecule has 0 saturated carbocycles. The fraction of sp³-hybridized carbons (Fsp3) is 0.357. The SMILES string of the molecule is CC[C@H](CCC(=O)NNC(=O)c1ccccc1)C(=O)[O-]. The van der Waals surface area contributed by atoms with Crippen molar-refractivity contribution < 1.29 is 19.5 Å². The number of aliphatic carboxylic acids is 1. The Morgan fingerprint density at radius 1 is 1.15 bits per heavy atom. The van der Waals surface area contributed by atoms with Gasteiger partial charge in [-0.05, 0) is 30.9 Å². The highest BCUT2D eigenvalue weighted by Crippen LogP contribution is 2.09. The Balaban J connectivity index is 2.33. The fourth-order valence-corrected chi connectivity index (χ4v) is 1.64. The minimum atomic E-state index is -1.16. The number of carboxylic acid groups (broad SMARTS) is 1. The second-order valence-corrected chi connectivity index (χ2v) is 4.33. The normalized spacial score (nSPS) is 11.4. The van der Waals surface area contributed by atoms with E-state index in [2.05, 4.69) is 10.9 Å². The average molecular weight is 277 g/mol. The van der Waals surface area contributed by atoms with E-state index in [1.165, 1.54) is 0 Å². The second-order valence-electron chi connectivity index (χ2n) is 4.33. The largest absolute Gasteiger partial charge is 0.550 e. The topological polar surface area (TPSA) is 98.3 Å². The predicted molar refractivity (Wildman–Crippen MR) is 70.1 cm³/mol. The maximum Gasteiger partial charge on any atom is 0.269 e. The van der Waals surface area contributed by atoms with E-state index in [0.29, 0.717) is 12.0 Å². The average Bonchev–Trinajstić information content (AvgIpc) is 2.46. The molecule has 1 aromatic rings. The van der Waals surface area contributed by atoms with Crippen LogP contribution < -0.4 is 16.0 Å². The Bertz CT molecular complexity index is 473. The molecule has 2 amide bonds. The van der Waals surface area contributed by atoms with Crippen molar-refractivity contribution in [3.05, 3.63) is 35.9 Å². The van der Waals surface area contributed by atoms with Crippen LogP contribution in [0.15, 0.2) is 30.3 Å². The molecule has 1 atom stereocenters. The van der Waals surface area contributed by atoms with Crippen LogP contribution in [0.25, 0.3) is 0 Å². The molecule has 6 heteroatoms. The molecule has 0 spiro atoms. The van der Waals surface area contributed by atoms with Gasteiger partial charge in [-0.3, -0.25) is 20.4 Å². The zero-order valence-corrected chi connectivity index (χ0v) is 11.2. The van der Waals surface area contributed by atoms with E-state index in [4.69, 9.17) is 0 Å². The van der Waals surface area contributed by atoms with Crippen LogP contribution in [-0.4, -0.2) is 17.8 Å². The minimum Gasteiger partial charge on any atom is -0.550 e. The number of carboxylic acids is 1. The lowest BCUT2D eigenvalue weighted by Gasteiger charge is -2.15. The zero-order valence-electron chi connectivity index (χ0n) is 11.2. The van der Waals surface area contributed by atoms with Crippen LogP contribution in [-0.2, 0) is 9.59 Å². The first kappa shape index (κ1) is 15.7. The molecule has 0 bridgehead atoms. The Morgan fingerprint density at radius 3 is 2.35 bits per heavy atom. The lowest BCUT2D eigenvalue weighted by atomic mass is 10.0. The van der Waals surface area contributed by atoms with Crippen molar-refractivity contribution in [3.8, 4) is 0 Å². The molecule has 0 aromatic heterocycles. The van der Waals surface area contributed by atoms with E-state index in [9.17, 15) is 19.5 Å². The predicted octanol–water partition coefficient (Wildman–Crippen LogP) is 0.00390. The van der Waals surface area contributed by atoms with Gasteiger partial charge in [-0.1, -0.05) is 25.1 Å². The van der Waals surface area contributed by atoms with Gasteiger partial charge in [0.25, 0.3) is 5.91 Å². The molecule has 0 fully saturated rings. The Labute approximate surface area is 117 Å². The van der Waals surface area contributed by atoms with Gasteiger partial charge in [-0.25, -0.2) is 0 Å². The molecule has 20 heavy (non-hydrogen) atoms. The molecule has 0 aliphatic heterocycles. The maximum atomic E-state index is 11.6. The Kier molecular flexibility index (Phi) is 6.22. The van der Waals surface area contributed by atoms with E-state index in [1.54, 1.807) is 37.3 Å². The third-order valence-corrected chi connectivity index (χ3v) is 2.90. The molecule has 2 N–H and O–H groups in total. The van der Waals surface area contributed by atoms with E-state index in [-0.39, 0.29) is 12.8 Å². The van der Waals surface area contributed by atoms with Crippen LogP contribution in [0.4, 0.5) is 0 Å². The molecule has 1 aromatic carbocycles. The lowest BCUT2D eigenvalue weighted by Crippen LogP contribution is -2.42. The van der Waals surface area contributed by atoms with Crippen molar-refractivity contribution in [2.75, 3.05) is 0 Å². The van der Waals surface area contributed by atoms with Crippen LogP contribution in [0.2, 0.25) is 0 Å². The number of amides is 2. The molecule has 6 nitrogen and oxygen atoms in total. The van der Waals surface area contributed by atoms with E-state index >= 15 is 0 Å². The van der Waals surface area contributed by atoms with Gasteiger partial charge in [0.05, 0.1) is 0 Å². The third-order valence-electron chi connectivity index (χ3n) is 2.90. The summed E-state index contributed by atoms with van der Waals surface area (Å²) in [4.78, 5) is 33.8. The number of benzene rings is 1. The van der Waals surface area contributed by atoms with Crippen LogP contribution in [0.1, 0.15) is 36.5 Å². The number of hydrazine groups is 1. The van der Waals surface area contributed by atoms with Gasteiger partial charge < -0.3 is 9.90 Å². The van der Waals surface area contributed by atoms with Gasteiger partial charge in [-0.15, -0.1) is 0 Å². The van der Waals surface area contributed by atoms with Crippen molar-refractivity contribution in [1.29, 1.82) is 0 Å². The molecule has 108 valence electrons. The van der Waals surface area contributed by atoms with Crippen LogP contribution in [0, 0.1) is 5.92 Å². The molecule has 0 unspecified atom stereocenters. The third kappa shape index (κ3) is 5.09. The number of hydrogen-bond donors (Lipinski definition) is 2. The molecule has 0 aliphatic rings. The standard InChI is InChI=1S/C14H18N2O4/c1-2-10(14(19)20)8-9-12(17)15-16-13(18)11-6-4-3-5-7-11/h3-7,10H,2,8-9H2,1H3,(H,15,17)(H,16,18)(H,19,20)/p-1/t10-/m1/s1. The summed E-state index contributed by atoms with van der Waals surface area (Å²) < 4.78 is 0. The van der Waals surface area contributed by atoms with Gasteiger partial charge in [-0.2, -0.15) is 0 Å². The van der Waals surface area contributed by atoms with Crippen LogP contribution in [0.3, 0.4) is 0 Å². The van der Waals surface area contributed by atoms with Gasteiger partial charge in [0.15, 0.2) is 0 Å². The van der Waals surface area contributed by atoms with Gasteiger partial charge in [0.2, 0.25) is 5.91 Å². The number of hydrogen-bond acceptors (Lipinski definition) is 4. The molecule has 0 heterocycles. The first-order valence-electron chi connectivity index (χ1n) is 6.39. The van der Waals surface area contributed by atoms with Crippen molar-refractivity contribution in [1.82, 2.24) is 10.9 Å². The van der Waals surface area contributed by atoms with Gasteiger partial charge in [0.1, 0.15) is 0 Å². The van der Waals surface area contributed by atoms with Crippen LogP contribution >= 0.6 is 0 Å². The smallest absolute Gasteiger partial charge is 0.269 e. The summed E-state index contributed by atoms with van der Waals surface area (Å²) in [7, 11) is 0. The molecular formula is C14H17N2O4-. The van der Waals surface area contributed by atoms with Crippen LogP contribution in [0.5, 0.6) is 0 Å². The summed E-state index contributed by atoms with van der Waals surface area (Å²) in [5.74, 6) is -2.67. The summed E-state index contributed by atoms with van der Waals surface area (Å²) >= 11 is 0. The van der Waals surface area contributed by atoms with Gasteiger partial charge in [0, 0.05) is 18.0 Å². The summed E-state index contributed by atoms with van der Waals surface area (Å²) in [5.41, 5.74) is 4.94. The number of carbonyl (C=O) groups is 3. The summed E-state index contributed by atoms with van der Waals surface area (Å²) in [6, 6.07) is 8.43. The highest BCUT2D eigenvalue weighted by atomic mass is 16.4. The van der Waals surface area contributed by atoms with E-state index in [1.807, 2.05) is 0 Å². The Morgan fingerprint density at radius 2 is 1.80 bits per heavy atom. The molecule has 0 radical (unpaired) electrons. The van der Waals surface area contributed by atoms with Crippen molar-refractivity contribution in [3.63, 3.8) is 0 Å². The minimum absolute atomic E-state index is 0.0154. The molecule has 1 rings (SSSR count). The summed E-state index contributed by atoms with van der Waals surface area (Å²) in [5, 5.41) is 10.7. The monoisotopic (exact) mass is 277 g/mol. The summed E-state index contributed by atoms with van der Waals surface area (Å²) in [6.45, 7) is 1.72. The van der Waals surface area contributed by atoms with E-state index < -0.39 is 23.7 Å². The van der Waals surface area contributed by atoms with Crippen molar-refractivity contribution in [2.24, 2.45) is 5.92 Å². The zero-order chi connectivity index (χ0) is 15.0. The fourth-order valence-electron chi connectivity index (χ4n) is 1.64. The molecule has 0 saturated heterocycles. The second kappa shape index (κ2) is 7.93. The number of carbonyl (C=O) groups excluding carboxylic acids is 3. The maximum absolute atomic E-state index is 11.6. The van der Waals surface area contributed by atoms with Crippen molar-refractivity contribution >= 4 is 17.8 Å². The number of nitrogens with one attached hydrogen (secondary N) is 2. The molecule has 0 aliphatic carbocycles. The highest BCUT2D eigenvalue weighted by molar-refractivity contribution is 5.95. The summed E-state index contributed by atoms with van der Waals surface area (Å²) in [6.07, 6.45) is 0.611. The Hall–Kier alpha value is -2.37. The quantitative estimate of drug-likeness (QED) is 0.715. The number of rotatable bonds is 6. The molecular weight excluding hydrogens is 260 g/mol. The first-order chi connectivity index (χ1) is 9.54. The van der Waals surface area contributed by atoms with Crippen molar-refractivity contribution in [2.45, 2.75) is 26.2 Å². The van der Waals surface area contributed by atoms with Gasteiger partial charge >= 0.3 is 0 Å².